The molecule has 0 heterocycles. The zero-order valence-corrected chi connectivity index (χ0v) is 14.2. The van der Waals surface area contributed by atoms with Gasteiger partial charge in [-0.2, -0.15) is 0 Å². The van der Waals surface area contributed by atoms with E-state index in [1.165, 1.54) is 16.7 Å². The van der Waals surface area contributed by atoms with Crippen molar-refractivity contribution in [1.29, 1.82) is 0 Å². The first-order chi connectivity index (χ1) is 11.8. The van der Waals surface area contributed by atoms with Crippen LogP contribution in [0.15, 0.2) is 84.9 Å². The summed E-state index contributed by atoms with van der Waals surface area (Å²) in [7, 11) is 0. The molecule has 0 amide bonds. The number of benzene rings is 3. The van der Waals surface area contributed by atoms with Crippen molar-refractivity contribution in [2.45, 2.75) is 13.0 Å². The van der Waals surface area contributed by atoms with E-state index in [2.05, 4.69) is 65.2 Å². The standard InChI is InChI=1S/C21H20N2S/c24-21(22-16-18-11-5-2-6-12-18)23-20-14-8-7-13-19(20)15-17-9-3-1-4-10-17/h1-14H,15-16H2,(H2,22,23,24). The van der Waals surface area contributed by atoms with E-state index in [1.54, 1.807) is 0 Å². The van der Waals surface area contributed by atoms with E-state index in [9.17, 15) is 0 Å². The number of rotatable bonds is 5. The van der Waals surface area contributed by atoms with Crippen LogP contribution in [-0.2, 0) is 13.0 Å². The van der Waals surface area contributed by atoms with Crippen LogP contribution < -0.4 is 10.6 Å². The molecule has 0 radical (unpaired) electrons. The monoisotopic (exact) mass is 332 g/mol. The Morgan fingerprint density at radius 2 is 1.29 bits per heavy atom. The maximum atomic E-state index is 5.44. The Labute approximate surface area is 148 Å². The Bertz CT molecular complexity index is 785. The van der Waals surface area contributed by atoms with Crippen LogP contribution in [0.2, 0.25) is 0 Å². The van der Waals surface area contributed by atoms with Gasteiger partial charge in [-0.25, -0.2) is 0 Å². The van der Waals surface area contributed by atoms with Gasteiger partial charge in [0.1, 0.15) is 0 Å². The quantitative estimate of drug-likeness (QED) is 0.659. The number of hydrogen-bond donors (Lipinski definition) is 2. The second kappa shape index (κ2) is 8.27. The highest BCUT2D eigenvalue weighted by molar-refractivity contribution is 7.80. The molecular formula is C21H20N2S. The first-order valence-electron chi connectivity index (χ1n) is 8.02. The van der Waals surface area contributed by atoms with Gasteiger partial charge in [0.2, 0.25) is 0 Å². The van der Waals surface area contributed by atoms with E-state index in [1.807, 2.05) is 30.3 Å². The Kier molecular flexibility index (Phi) is 5.59. The molecule has 0 bridgehead atoms. The highest BCUT2D eigenvalue weighted by atomic mass is 32.1. The third-order valence-corrected chi connectivity index (χ3v) is 4.05. The molecule has 0 aromatic heterocycles. The Balaban J connectivity index is 1.63. The molecule has 120 valence electrons. The van der Waals surface area contributed by atoms with Crippen LogP contribution in [0, 0.1) is 0 Å². The molecular weight excluding hydrogens is 312 g/mol. The summed E-state index contributed by atoms with van der Waals surface area (Å²) in [4.78, 5) is 0. The molecule has 0 saturated carbocycles. The van der Waals surface area contributed by atoms with Crippen LogP contribution in [0.1, 0.15) is 16.7 Å². The highest BCUT2D eigenvalue weighted by Crippen LogP contribution is 2.19. The molecule has 3 aromatic rings. The zero-order chi connectivity index (χ0) is 16.6. The van der Waals surface area contributed by atoms with Crippen molar-refractivity contribution >= 4 is 23.0 Å². The molecule has 3 rings (SSSR count). The molecule has 0 aliphatic heterocycles. The molecule has 0 atom stereocenters. The molecule has 0 aliphatic carbocycles. The highest BCUT2D eigenvalue weighted by Gasteiger charge is 2.05. The van der Waals surface area contributed by atoms with E-state index in [4.69, 9.17) is 12.2 Å². The fourth-order valence-corrected chi connectivity index (χ4v) is 2.74. The van der Waals surface area contributed by atoms with E-state index in [0.29, 0.717) is 11.7 Å². The topological polar surface area (TPSA) is 24.1 Å². The smallest absolute Gasteiger partial charge is 0.171 e. The minimum Gasteiger partial charge on any atom is -0.358 e. The molecule has 0 saturated heterocycles. The minimum atomic E-state index is 0.638. The number of anilines is 1. The Morgan fingerprint density at radius 3 is 2.00 bits per heavy atom. The van der Waals surface area contributed by atoms with Gasteiger partial charge >= 0.3 is 0 Å². The largest absolute Gasteiger partial charge is 0.358 e. The lowest BCUT2D eigenvalue weighted by Gasteiger charge is -2.14. The Morgan fingerprint density at radius 1 is 0.708 bits per heavy atom. The van der Waals surface area contributed by atoms with Crippen molar-refractivity contribution in [1.82, 2.24) is 5.32 Å². The number of para-hydroxylation sites is 1. The van der Waals surface area contributed by atoms with Crippen molar-refractivity contribution in [2.75, 3.05) is 5.32 Å². The van der Waals surface area contributed by atoms with Gasteiger partial charge in [0.05, 0.1) is 0 Å². The fourth-order valence-electron chi connectivity index (χ4n) is 2.56. The van der Waals surface area contributed by atoms with E-state index in [0.717, 1.165) is 12.1 Å². The lowest BCUT2D eigenvalue weighted by Crippen LogP contribution is -2.28. The van der Waals surface area contributed by atoms with Gasteiger partial charge in [0.25, 0.3) is 0 Å². The molecule has 0 spiro atoms. The average Bonchev–Trinajstić information content (AvgIpc) is 2.63. The first kappa shape index (κ1) is 16.2. The molecule has 3 heteroatoms. The summed E-state index contributed by atoms with van der Waals surface area (Å²) in [5.41, 5.74) is 4.77. The van der Waals surface area contributed by atoms with Crippen molar-refractivity contribution < 1.29 is 0 Å². The van der Waals surface area contributed by atoms with Crippen LogP contribution in [-0.4, -0.2) is 5.11 Å². The molecule has 0 fully saturated rings. The zero-order valence-electron chi connectivity index (χ0n) is 13.4. The molecule has 24 heavy (non-hydrogen) atoms. The molecule has 0 unspecified atom stereocenters. The fraction of sp³-hybridized carbons (Fsp3) is 0.0952. The van der Waals surface area contributed by atoms with Gasteiger partial charge in [-0.15, -0.1) is 0 Å². The molecule has 2 N–H and O–H groups in total. The van der Waals surface area contributed by atoms with Crippen molar-refractivity contribution in [2.24, 2.45) is 0 Å². The normalized spacial score (nSPS) is 10.2. The van der Waals surface area contributed by atoms with Gasteiger partial charge < -0.3 is 10.6 Å². The molecule has 0 aliphatic rings. The minimum absolute atomic E-state index is 0.638. The number of thiocarbonyl (C=S) groups is 1. The summed E-state index contributed by atoms with van der Waals surface area (Å²) in [5, 5.41) is 7.22. The molecule has 3 aromatic carbocycles. The summed E-state index contributed by atoms with van der Waals surface area (Å²) >= 11 is 5.44. The lowest BCUT2D eigenvalue weighted by molar-refractivity contribution is 0.925. The summed E-state index contributed by atoms with van der Waals surface area (Å²) < 4.78 is 0. The summed E-state index contributed by atoms with van der Waals surface area (Å²) in [6, 6.07) is 29.0. The molecule has 2 nitrogen and oxygen atoms in total. The van der Waals surface area contributed by atoms with Gasteiger partial charge in [-0.1, -0.05) is 78.9 Å². The van der Waals surface area contributed by atoms with Crippen LogP contribution >= 0.6 is 12.2 Å². The van der Waals surface area contributed by atoms with Crippen LogP contribution in [0.4, 0.5) is 5.69 Å². The lowest BCUT2D eigenvalue weighted by atomic mass is 10.0. The summed E-state index contributed by atoms with van der Waals surface area (Å²) in [6.07, 6.45) is 0.880. The third-order valence-electron chi connectivity index (χ3n) is 3.80. The first-order valence-corrected chi connectivity index (χ1v) is 8.43. The van der Waals surface area contributed by atoms with Crippen molar-refractivity contribution in [3.8, 4) is 0 Å². The van der Waals surface area contributed by atoms with Gasteiger partial charge in [-0.05, 0) is 41.4 Å². The predicted octanol–water partition coefficient (Wildman–Crippen LogP) is 4.76. The van der Waals surface area contributed by atoms with Gasteiger partial charge in [0, 0.05) is 12.2 Å². The summed E-state index contributed by atoms with van der Waals surface area (Å²) in [6.45, 7) is 0.716. The third kappa shape index (κ3) is 4.67. The van der Waals surface area contributed by atoms with Crippen LogP contribution in [0.5, 0.6) is 0 Å². The Hall–Kier alpha value is -2.65. The van der Waals surface area contributed by atoms with E-state index < -0.39 is 0 Å². The second-order valence-corrected chi connectivity index (χ2v) is 6.02. The number of nitrogens with one attached hydrogen (secondary N) is 2. The average molecular weight is 332 g/mol. The SMILES string of the molecule is S=C(NCc1ccccc1)Nc1ccccc1Cc1ccccc1. The van der Waals surface area contributed by atoms with E-state index in [-0.39, 0.29) is 0 Å². The maximum Gasteiger partial charge on any atom is 0.171 e. The van der Waals surface area contributed by atoms with Crippen LogP contribution in [0.3, 0.4) is 0 Å². The van der Waals surface area contributed by atoms with Crippen LogP contribution in [0.25, 0.3) is 0 Å². The maximum absolute atomic E-state index is 5.44. The predicted molar refractivity (Wildman–Crippen MR) is 105 cm³/mol. The van der Waals surface area contributed by atoms with Gasteiger partial charge in [-0.3, -0.25) is 0 Å². The van der Waals surface area contributed by atoms with E-state index >= 15 is 0 Å². The summed E-state index contributed by atoms with van der Waals surface area (Å²) in [5.74, 6) is 0. The van der Waals surface area contributed by atoms with Gasteiger partial charge in [0.15, 0.2) is 5.11 Å². The second-order valence-electron chi connectivity index (χ2n) is 5.61. The van der Waals surface area contributed by atoms with Crippen molar-refractivity contribution in [3.05, 3.63) is 102 Å². The van der Waals surface area contributed by atoms with Crippen molar-refractivity contribution in [3.63, 3.8) is 0 Å². The number of hydrogen-bond acceptors (Lipinski definition) is 1.